The second-order valence-corrected chi connectivity index (χ2v) is 7.75. The number of anilines is 2. The number of pyridine rings is 2. The fourth-order valence-electron chi connectivity index (χ4n) is 4.18. The van der Waals surface area contributed by atoms with Gasteiger partial charge in [0.15, 0.2) is 0 Å². The largest absolute Gasteiger partial charge is 0.378 e. The molecule has 0 aromatic carbocycles. The van der Waals surface area contributed by atoms with Crippen LogP contribution in [0.4, 0.5) is 11.5 Å². The monoisotopic (exact) mass is 393 g/mol. The van der Waals surface area contributed by atoms with Crippen molar-refractivity contribution in [3.8, 4) is 11.3 Å². The molecule has 8 heteroatoms. The molecule has 3 aromatic heterocycles. The van der Waals surface area contributed by atoms with Crippen molar-refractivity contribution in [2.45, 2.75) is 18.9 Å². The smallest absolute Gasteiger partial charge is 0.222 e. The zero-order valence-electron chi connectivity index (χ0n) is 16.7. The fraction of sp³-hybridized carbons (Fsp3) is 0.381. The summed E-state index contributed by atoms with van der Waals surface area (Å²) in [7, 11) is 3.99. The summed E-state index contributed by atoms with van der Waals surface area (Å²) in [6.07, 6.45) is 4.62. The van der Waals surface area contributed by atoms with Crippen LogP contribution in [0.25, 0.3) is 22.2 Å². The summed E-state index contributed by atoms with van der Waals surface area (Å²) in [4.78, 5) is 22.9. The van der Waals surface area contributed by atoms with E-state index in [9.17, 15) is 4.79 Å². The van der Waals surface area contributed by atoms with Gasteiger partial charge >= 0.3 is 0 Å². The average molecular weight is 393 g/mol. The Morgan fingerprint density at radius 3 is 2.93 bits per heavy atom. The minimum Gasteiger partial charge on any atom is -0.378 e. The van der Waals surface area contributed by atoms with Crippen LogP contribution in [0.3, 0.4) is 0 Å². The van der Waals surface area contributed by atoms with Gasteiger partial charge in [-0.25, -0.2) is 9.97 Å². The Balaban J connectivity index is 1.67. The first-order chi connectivity index (χ1) is 14.0. The molecule has 1 amide bonds. The summed E-state index contributed by atoms with van der Waals surface area (Å²) in [6.45, 7) is 3.20. The molecule has 1 saturated heterocycles. The van der Waals surface area contributed by atoms with Gasteiger partial charge in [-0.05, 0) is 18.2 Å². The first-order valence-corrected chi connectivity index (χ1v) is 9.64. The molecule has 8 nitrogen and oxygen atoms in total. The number of nitrogens with zero attached hydrogens (tertiary/aromatic N) is 4. The SMILES string of the molecule is CC(=O)Nc1cc2c(-c3ccc4c(n3)C3(CCOC3)OCN4C)cn(C)c2cn1. The maximum atomic E-state index is 11.4. The van der Waals surface area contributed by atoms with E-state index in [4.69, 9.17) is 14.5 Å². The number of aryl methyl sites for hydroxylation is 1. The topological polar surface area (TPSA) is 81.5 Å². The van der Waals surface area contributed by atoms with E-state index in [-0.39, 0.29) is 5.91 Å². The highest BCUT2D eigenvalue weighted by Gasteiger charge is 2.44. The van der Waals surface area contributed by atoms with E-state index >= 15 is 0 Å². The molecule has 1 spiro atoms. The first kappa shape index (κ1) is 18.1. The lowest BCUT2D eigenvalue weighted by molar-refractivity contribution is -0.114. The van der Waals surface area contributed by atoms with Crippen LogP contribution in [-0.2, 0) is 26.9 Å². The number of nitrogens with one attached hydrogen (secondary N) is 1. The van der Waals surface area contributed by atoms with Crippen LogP contribution in [0.5, 0.6) is 0 Å². The molecule has 0 bridgehead atoms. The highest BCUT2D eigenvalue weighted by Crippen LogP contribution is 2.43. The molecular formula is C21H23N5O3. The third kappa shape index (κ3) is 2.87. The van der Waals surface area contributed by atoms with Crippen molar-refractivity contribution >= 4 is 28.3 Å². The van der Waals surface area contributed by atoms with Crippen LogP contribution >= 0.6 is 0 Å². The number of hydrogen-bond acceptors (Lipinski definition) is 6. The van der Waals surface area contributed by atoms with E-state index in [2.05, 4.69) is 21.3 Å². The summed E-state index contributed by atoms with van der Waals surface area (Å²) < 4.78 is 13.9. The predicted molar refractivity (Wildman–Crippen MR) is 110 cm³/mol. The zero-order chi connectivity index (χ0) is 20.2. The molecule has 1 fully saturated rings. The minimum absolute atomic E-state index is 0.149. The number of carbonyl (C=O) groups excluding carboxylic acids is 1. The van der Waals surface area contributed by atoms with Gasteiger partial charge in [0.25, 0.3) is 0 Å². The van der Waals surface area contributed by atoms with Gasteiger partial charge in [0.05, 0.1) is 35.4 Å². The average Bonchev–Trinajstić information content (AvgIpc) is 3.30. The molecule has 2 aliphatic heterocycles. The molecular weight excluding hydrogens is 370 g/mol. The van der Waals surface area contributed by atoms with Crippen molar-refractivity contribution < 1.29 is 14.3 Å². The molecule has 2 aliphatic rings. The maximum absolute atomic E-state index is 11.4. The van der Waals surface area contributed by atoms with Crippen LogP contribution in [0.2, 0.25) is 0 Å². The van der Waals surface area contributed by atoms with Crippen molar-refractivity contribution in [1.82, 2.24) is 14.5 Å². The van der Waals surface area contributed by atoms with Crippen LogP contribution in [-0.4, -0.2) is 47.4 Å². The van der Waals surface area contributed by atoms with Crippen LogP contribution in [0.1, 0.15) is 19.0 Å². The van der Waals surface area contributed by atoms with Crippen LogP contribution < -0.4 is 10.2 Å². The minimum atomic E-state index is -0.481. The Morgan fingerprint density at radius 1 is 1.31 bits per heavy atom. The Kier molecular flexibility index (Phi) is 4.07. The predicted octanol–water partition coefficient (Wildman–Crippen LogP) is 2.63. The second kappa shape index (κ2) is 6.53. The van der Waals surface area contributed by atoms with E-state index in [1.807, 2.05) is 37.0 Å². The number of fused-ring (bicyclic) bond motifs is 3. The van der Waals surface area contributed by atoms with Gasteiger partial charge in [0, 0.05) is 51.2 Å². The van der Waals surface area contributed by atoms with E-state index in [1.165, 1.54) is 6.92 Å². The molecule has 1 unspecified atom stereocenters. The number of rotatable bonds is 2. The Hall–Kier alpha value is -2.97. The van der Waals surface area contributed by atoms with Gasteiger partial charge in [-0.3, -0.25) is 4.79 Å². The molecule has 0 radical (unpaired) electrons. The van der Waals surface area contributed by atoms with Gasteiger partial charge in [-0.2, -0.15) is 0 Å². The number of ether oxygens (including phenoxy) is 2. The van der Waals surface area contributed by atoms with Gasteiger partial charge in [0.1, 0.15) is 18.1 Å². The van der Waals surface area contributed by atoms with Crippen molar-refractivity contribution in [3.63, 3.8) is 0 Å². The van der Waals surface area contributed by atoms with Crippen molar-refractivity contribution in [2.75, 3.05) is 37.2 Å². The fourth-order valence-corrected chi connectivity index (χ4v) is 4.18. The highest BCUT2D eigenvalue weighted by atomic mass is 16.6. The normalized spacial score (nSPS) is 21.0. The van der Waals surface area contributed by atoms with E-state index in [0.29, 0.717) is 25.8 Å². The summed E-state index contributed by atoms with van der Waals surface area (Å²) in [5.41, 5.74) is 4.34. The molecule has 5 rings (SSSR count). The second-order valence-electron chi connectivity index (χ2n) is 7.75. The van der Waals surface area contributed by atoms with E-state index in [0.717, 1.165) is 40.0 Å². The lowest BCUT2D eigenvalue weighted by atomic mass is 9.94. The van der Waals surface area contributed by atoms with E-state index in [1.54, 1.807) is 6.20 Å². The third-order valence-electron chi connectivity index (χ3n) is 5.69. The molecule has 0 saturated carbocycles. The zero-order valence-corrected chi connectivity index (χ0v) is 16.7. The van der Waals surface area contributed by atoms with Crippen LogP contribution in [0.15, 0.2) is 30.6 Å². The molecule has 0 aliphatic carbocycles. The van der Waals surface area contributed by atoms with Gasteiger partial charge in [-0.1, -0.05) is 0 Å². The molecule has 29 heavy (non-hydrogen) atoms. The van der Waals surface area contributed by atoms with Gasteiger partial charge in [-0.15, -0.1) is 0 Å². The summed E-state index contributed by atoms with van der Waals surface area (Å²) >= 11 is 0. The first-order valence-electron chi connectivity index (χ1n) is 9.64. The summed E-state index contributed by atoms with van der Waals surface area (Å²) in [5.74, 6) is 0.378. The standard InChI is InChI=1S/C21H23N5O3/c1-13(27)23-19-8-14-15(10-25(2)18(14)9-22-19)16-4-5-17-20(24-16)21(6-7-28-11-21)29-12-26(17)3/h4-5,8-10H,6-7,11-12H2,1-3H3,(H,22,23,27). The van der Waals surface area contributed by atoms with Crippen molar-refractivity contribution in [1.29, 1.82) is 0 Å². The summed E-state index contributed by atoms with van der Waals surface area (Å²) in [6, 6.07) is 6.04. The number of amides is 1. The highest BCUT2D eigenvalue weighted by molar-refractivity contribution is 5.98. The number of hydrogen-bond donors (Lipinski definition) is 1. The third-order valence-corrected chi connectivity index (χ3v) is 5.69. The Morgan fingerprint density at radius 2 is 2.17 bits per heavy atom. The molecule has 150 valence electrons. The Bertz CT molecular complexity index is 1120. The number of carbonyl (C=O) groups is 1. The van der Waals surface area contributed by atoms with Gasteiger partial charge in [0.2, 0.25) is 5.91 Å². The molecule has 3 aromatic rings. The van der Waals surface area contributed by atoms with Gasteiger partial charge < -0.3 is 24.3 Å². The molecule has 1 N–H and O–H groups in total. The lowest BCUT2D eigenvalue weighted by Gasteiger charge is -2.38. The quantitative estimate of drug-likeness (QED) is 0.721. The molecule has 1 atom stereocenters. The number of aromatic nitrogens is 3. The maximum Gasteiger partial charge on any atom is 0.222 e. The Labute approximate surface area is 168 Å². The van der Waals surface area contributed by atoms with E-state index < -0.39 is 5.60 Å². The summed E-state index contributed by atoms with van der Waals surface area (Å²) in [5, 5.41) is 3.74. The lowest BCUT2D eigenvalue weighted by Crippen LogP contribution is -2.42. The molecule has 5 heterocycles. The van der Waals surface area contributed by atoms with Crippen molar-refractivity contribution in [2.24, 2.45) is 7.05 Å². The van der Waals surface area contributed by atoms with Crippen molar-refractivity contribution in [3.05, 3.63) is 36.3 Å². The van der Waals surface area contributed by atoms with Crippen LogP contribution in [0, 0.1) is 0 Å².